The number of carbonyl (C=O) groups excluding carboxylic acids is 1. The van der Waals surface area contributed by atoms with Gasteiger partial charge >= 0.3 is 6.18 Å². The molecule has 1 fully saturated rings. The molecule has 216 valence electrons. The number of hydrogen-bond donors (Lipinski definition) is 1. The predicted octanol–water partition coefficient (Wildman–Crippen LogP) is 4.33. The molecule has 0 heterocycles. The number of nitrogens with zero attached hydrogens (tertiary/aromatic N) is 2. The first-order chi connectivity index (χ1) is 18.3. The first-order valence-corrected chi connectivity index (χ1v) is 14.5. The van der Waals surface area contributed by atoms with E-state index in [-0.39, 0.29) is 37.2 Å². The zero-order valence-corrected chi connectivity index (χ0v) is 23.5. The summed E-state index contributed by atoms with van der Waals surface area (Å²) in [5.41, 5.74) is 0.370. The van der Waals surface area contributed by atoms with Crippen LogP contribution in [0.4, 0.5) is 13.2 Å². The van der Waals surface area contributed by atoms with Gasteiger partial charge in [-0.05, 0) is 76.4 Å². The maximum Gasteiger partial charge on any atom is 0.416 e. The molecule has 2 aromatic carbocycles. The van der Waals surface area contributed by atoms with Crippen LogP contribution >= 0.6 is 0 Å². The Kier molecular flexibility index (Phi) is 10.6. The number of hydrogen-bond acceptors (Lipinski definition) is 5. The van der Waals surface area contributed by atoms with Crippen LogP contribution in [0.3, 0.4) is 0 Å². The lowest BCUT2D eigenvalue weighted by atomic mass is 9.75. The number of amides is 1. The maximum atomic E-state index is 13.0. The van der Waals surface area contributed by atoms with Crippen LogP contribution in [0, 0.1) is 0 Å². The van der Waals surface area contributed by atoms with Gasteiger partial charge in [-0.1, -0.05) is 36.4 Å². The van der Waals surface area contributed by atoms with Crippen molar-refractivity contribution in [3.8, 4) is 0 Å². The molecule has 1 N–H and O–H groups in total. The molecule has 1 aliphatic carbocycles. The van der Waals surface area contributed by atoms with Crippen LogP contribution in [0.2, 0.25) is 0 Å². The number of aryl methyl sites for hydroxylation is 1. The highest BCUT2D eigenvalue weighted by molar-refractivity contribution is 7.89. The summed E-state index contributed by atoms with van der Waals surface area (Å²) in [5, 5.41) is 3.01. The Labute approximate surface area is 229 Å². The lowest BCUT2D eigenvalue weighted by Crippen LogP contribution is -2.51. The van der Waals surface area contributed by atoms with Crippen LogP contribution in [0.15, 0.2) is 59.5 Å². The molecule has 3 rings (SSSR count). The number of rotatable bonds is 12. The molecule has 0 aromatic heterocycles. The highest BCUT2D eigenvalue weighted by atomic mass is 32.2. The van der Waals surface area contributed by atoms with Crippen molar-refractivity contribution >= 4 is 15.9 Å². The minimum Gasteiger partial charge on any atom is -0.370 e. The van der Waals surface area contributed by atoms with Crippen LogP contribution < -0.4 is 5.32 Å². The lowest BCUT2D eigenvalue weighted by molar-refractivity contribution is -0.137. The van der Waals surface area contributed by atoms with Gasteiger partial charge in [0.2, 0.25) is 15.9 Å². The van der Waals surface area contributed by atoms with E-state index in [1.165, 1.54) is 12.6 Å². The smallest absolute Gasteiger partial charge is 0.370 e. The van der Waals surface area contributed by atoms with Gasteiger partial charge in [0.1, 0.15) is 6.61 Å². The highest BCUT2D eigenvalue weighted by Crippen LogP contribution is 2.36. The average molecular weight is 570 g/mol. The fraction of sp³-hybridized carbons (Fsp3) is 0.536. The summed E-state index contributed by atoms with van der Waals surface area (Å²) >= 11 is 0. The third kappa shape index (κ3) is 8.51. The minimum atomic E-state index is -4.64. The first-order valence-electron chi connectivity index (χ1n) is 13.1. The van der Waals surface area contributed by atoms with E-state index in [2.05, 4.69) is 48.6 Å². The van der Waals surface area contributed by atoms with Gasteiger partial charge < -0.3 is 15.0 Å². The molecule has 1 amide bonds. The van der Waals surface area contributed by atoms with E-state index >= 15 is 0 Å². The molecule has 0 unspecified atom stereocenters. The van der Waals surface area contributed by atoms with Crippen LogP contribution in [-0.4, -0.2) is 76.0 Å². The molecular formula is C28H38F3N3O4S. The molecule has 0 aliphatic heterocycles. The SMILES string of the molecule is CN(C)C1(CCc2ccccc2)CCC(NC(=O)COCCN(C)S(=O)(=O)c2cccc(C(F)(F)F)c2)CC1. The topological polar surface area (TPSA) is 79.0 Å². The Hall–Kier alpha value is -2.47. The molecule has 0 saturated heterocycles. The first kappa shape index (κ1) is 31.1. The van der Waals surface area contributed by atoms with E-state index in [4.69, 9.17) is 4.74 Å². The van der Waals surface area contributed by atoms with E-state index < -0.39 is 26.7 Å². The summed E-state index contributed by atoms with van der Waals surface area (Å²) in [6, 6.07) is 14.1. The molecule has 0 bridgehead atoms. The molecule has 0 spiro atoms. The number of alkyl halides is 3. The molecule has 11 heteroatoms. The number of benzene rings is 2. The van der Waals surface area contributed by atoms with Crippen LogP contribution in [0.5, 0.6) is 0 Å². The number of carbonyl (C=O) groups is 1. The summed E-state index contributed by atoms with van der Waals surface area (Å²) < 4.78 is 70.4. The monoisotopic (exact) mass is 569 g/mol. The molecule has 2 aromatic rings. The summed E-state index contributed by atoms with van der Waals surface area (Å²) in [7, 11) is 1.35. The quantitative estimate of drug-likeness (QED) is 0.385. The highest BCUT2D eigenvalue weighted by Gasteiger charge is 2.37. The largest absolute Gasteiger partial charge is 0.416 e. The third-order valence-electron chi connectivity index (χ3n) is 7.61. The molecular weight excluding hydrogens is 531 g/mol. The average Bonchev–Trinajstić information content (AvgIpc) is 2.90. The minimum absolute atomic E-state index is 0.0508. The van der Waals surface area contributed by atoms with Gasteiger partial charge in [0.15, 0.2) is 0 Å². The zero-order chi connectivity index (χ0) is 28.7. The van der Waals surface area contributed by atoms with Crippen molar-refractivity contribution in [3.05, 3.63) is 65.7 Å². The zero-order valence-electron chi connectivity index (χ0n) is 22.7. The maximum absolute atomic E-state index is 13.0. The second kappa shape index (κ2) is 13.3. The lowest BCUT2D eigenvalue weighted by Gasteiger charge is -2.45. The number of likely N-dealkylation sites (N-methyl/N-ethyl adjacent to an activating group) is 1. The van der Waals surface area contributed by atoms with Crippen molar-refractivity contribution in [3.63, 3.8) is 0 Å². The van der Waals surface area contributed by atoms with Crippen LogP contribution in [0.1, 0.15) is 43.2 Å². The van der Waals surface area contributed by atoms with Crippen molar-refractivity contribution in [1.82, 2.24) is 14.5 Å². The molecule has 7 nitrogen and oxygen atoms in total. The standard InChI is InChI=1S/C28H38F3N3O4S/c1-33(2)27(15-12-22-8-5-4-6-9-22)16-13-24(14-17-27)32-26(35)21-38-19-18-34(3)39(36,37)25-11-7-10-23(20-25)28(29,30)31/h4-11,20,24H,12-19,21H2,1-3H3,(H,32,35). The van der Waals surface area contributed by atoms with Gasteiger partial charge in [0.05, 0.1) is 17.1 Å². The fourth-order valence-corrected chi connectivity index (χ4v) is 6.20. The Morgan fingerprint density at radius 1 is 1.05 bits per heavy atom. The Morgan fingerprint density at radius 3 is 2.33 bits per heavy atom. The van der Waals surface area contributed by atoms with Crippen LogP contribution in [-0.2, 0) is 32.2 Å². The number of sulfonamides is 1. The van der Waals surface area contributed by atoms with Gasteiger partial charge in [0, 0.05) is 25.2 Å². The van der Waals surface area contributed by atoms with Crippen molar-refractivity contribution < 1.29 is 31.1 Å². The van der Waals surface area contributed by atoms with E-state index in [9.17, 15) is 26.4 Å². The summed E-state index contributed by atoms with van der Waals surface area (Å²) in [6.07, 6.45) is 1.06. The number of nitrogens with one attached hydrogen (secondary N) is 1. The van der Waals surface area contributed by atoms with E-state index in [0.29, 0.717) is 6.07 Å². The van der Waals surface area contributed by atoms with Gasteiger partial charge in [0.25, 0.3) is 0 Å². The number of halogens is 3. The summed E-state index contributed by atoms with van der Waals surface area (Å²) in [4.78, 5) is 14.3. The summed E-state index contributed by atoms with van der Waals surface area (Å²) in [6.45, 7) is -0.404. The second-order valence-electron chi connectivity index (χ2n) is 10.4. The van der Waals surface area contributed by atoms with Gasteiger partial charge in [-0.2, -0.15) is 17.5 Å². The van der Waals surface area contributed by atoms with Crippen molar-refractivity contribution in [2.45, 2.75) is 61.2 Å². The van der Waals surface area contributed by atoms with Crippen molar-refractivity contribution in [2.24, 2.45) is 0 Å². The van der Waals surface area contributed by atoms with Crippen molar-refractivity contribution in [1.29, 1.82) is 0 Å². The summed E-state index contributed by atoms with van der Waals surface area (Å²) in [5.74, 6) is -0.273. The molecule has 0 atom stereocenters. The number of ether oxygens (including phenoxy) is 1. The molecule has 1 saturated carbocycles. The Morgan fingerprint density at radius 2 is 1.72 bits per heavy atom. The van der Waals surface area contributed by atoms with Crippen LogP contribution in [0.25, 0.3) is 0 Å². The van der Waals surface area contributed by atoms with E-state index in [0.717, 1.165) is 61.0 Å². The normalized spacial score (nSPS) is 20.4. The van der Waals surface area contributed by atoms with Gasteiger partial charge in [-0.15, -0.1) is 0 Å². The molecule has 0 radical (unpaired) electrons. The van der Waals surface area contributed by atoms with Crippen molar-refractivity contribution in [2.75, 3.05) is 40.9 Å². The van der Waals surface area contributed by atoms with Gasteiger partial charge in [-0.25, -0.2) is 8.42 Å². The van der Waals surface area contributed by atoms with E-state index in [1.54, 1.807) is 0 Å². The molecule has 39 heavy (non-hydrogen) atoms. The van der Waals surface area contributed by atoms with Gasteiger partial charge in [-0.3, -0.25) is 4.79 Å². The second-order valence-corrected chi connectivity index (χ2v) is 12.4. The predicted molar refractivity (Wildman–Crippen MR) is 144 cm³/mol. The molecule has 1 aliphatic rings. The fourth-order valence-electron chi connectivity index (χ4n) is 5.00. The third-order valence-corrected chi connectivity index (χ3v) is 9.46. The Bertz CT molecular complexity index is 1180. The Balaban J connectivity index is 1.41. The van der Waals surface area contributed by atoms with E-state index in [1.807, 2.05) is 6.07 Å².